The van der Waals surface area contributed by atoms with E-state index in [1.807, 2.05) is 6.92 Å². The molecule has 1 amide bonds. The molecule has 2 aromatic rings. The molecule has 0 aromatic heterocycles. The van der Waals surface area contributed by atoms with Gasteiger partial charge in [0.05, 0.1) is 10.6 Å². The van der Waals surface area contributed by atoms with E-state index in [2.05, 4.69) is 4.72 Å². The molecule has 132 valence electrons. The normalized spacial score (nSPS) is 16.6. The Bertz CT molecular complexity index is 940. The van der Waals surface area contributed by atoms with Crippen molar-refractivity contribution in [1.82, 2.24) is 0 Å². The molecule has 1 heterocycles. The molecule has 0 bridgehead atoms. The van der Waals surface area contributed by atoms with Gasteiger partial charge in [-0.2, -0.15) is 0 Å². The van der Waals surface area contributed by atoms with Crippen LogP contribution in [0.3, 0.4) is 0 Å². The molecule has 25 heavy (non-hydrogen) atoms. The van der Waals surface area contributed by atoms with E-state index in [4.69, 9.17) is 23.2 Å². The summed E-state index contributed by atoms with van der Waals surface area (Å²) in [6.07, 6.45) is 0.612. The lowest BCUT2D eigenvalue weighted by molar-refractivity contribution is -0.116. The Kier molecular flexibility index (Phi) is 4.70. The van der Waals surface area contributed by atoms with E-state index in [-0.39, 0.29) is 22.5 Å². The van der Waals surface area contributed by atoms with Gasteiger partial charge in [-0.05, 0) is 55.3 Å². The predicted molar refractivity (Wildman–Crippen MR) is 100 cm³/mol. The molecule has 2 aromatic carbocycles. The summed E-state index contributed by atoms with van der Waals surface area (Å²) in [6, 6.07) is 9.25. The summed E-state index contributed by atoms with van der Waals surface area (Å²) in [4.78, 5) is 13.6. The Morgan fingerprint density at radius 3 is 2.40 bits per heavy atom. The van der Waals surface area contributed by atoms with E-state index in [1.165, 1.54) is 31.2 Å². The van der Waals surface area contributed by atoms with Crippen molar-refractivity contribution in [2.75, 3.05) is 9.62 Å². The highest BCUT2D eigenvalue weighted by atomic mass is 35.5. The number of sulfonamides is 1. The van der Waals surface area contributed by atoms with Gasteiger partial charge in [-0.15, -0.1) is 0 Å². The first kappa shape index (κ1) is 18.0. The van der Waals surface area contributed by atoms with Gasteiger partial charge in [-0.1, -0.05) is 23.2 Å². The number of rotatable bonds is 3. The molecule has 0 fully saturated rings. The minimum absolute atomic E-state index is 0.00477. The van der Waals surface area contributed by atoms with Gasteiger partial charge in [-0.3, -0.25) is 9.52 Å². The van der Waals surface area contributed by atoms with Crippen LogP contribution in [0.2, 0.25) is 10.0 Å². The maximum atomic E-state index is 12.6. The second-order valence-corrected chi connectivity index (χ2v) is 8.55. The smallest absolute Gasteiger partial charge is 0.261 e. The van der Waals surface area contributed by atoms with Crippen LogP contribution in [-0.4, -0.2) is 20.4 Å². The largest absolute Gasteiger partial charge is 0.309 e. The van der Waals surface area contributed by atoms with Crippen LogP contribution in [0.1, 0.15) is 19.4 Å². The standard InChI is InChI=1S/C17H16Cl2N2O3S/c1-10-5-12-6-16(3-4-17(12)21(10)11(2)22)25(23,24)20-15-8-13(18)7-14(19)9-15/h3-4,6-10,20H,5H2,1-2H3. The summed E-state index contributed by atoms with van der Waals surface area (Å²) in [6.45, 7) is 3.43. The molecular formula is C17H16Cl2N2O3S. The lowest BCUT2D eigenvalue weighted by atomic mass is 10.1. The van der Waals surface area contributed by atoms with Crippen molar-refractivity contribution < 1.29 is 13.2 Å². The van der Waals surface area contributed by atoms with Crippen molar-refractivity contribution >= 4 is 50.5 Å². The van der Waals surface area contributed by atoms with Crippen molar-refractivity contribution in [1.29, 1.82) is 0 Å². The maximum Gasteiger partial charge on any atom is 0.261 e. The SMILES string of the molecule is CC(=O)N1c2ccc(S(=O)(=O)Nc3cc(Cl)cc(Cl)c3)cc2CC1C. The van der Waals surface area contributed by atoms with E-state index in [9.17, 15) is 13.2 Å². The fourth-order valence-electron chi connectivity index (χ4n) is 3.08. The van der Waals surface area contributed by atoms with Crippen LogP contribution in [0, 0.1) is 0 Å². The summed E-state index contributed by atoms with van der Waals surface area (Å²) in [7, 11) is -3.79. The average Bonchev–Trinajstić information content (AvgIpc) is 2.80. The van der Waals surface area contributed by atoms with Gasteiger partial charge in [0.1, 0.15) is 0 Å². The van der Waals surface area contributed by atoms with Gasteiger partial charge in [0, 0.05) is 28.7 Å². The lowest BCUT2D eigenvalue weighted by Gasteiger charge is -2.20. The average molecular weight is 399 g/mol. The van der Waals surface area contributed by atoms with E-state index >= 15 is 0 Å². The first-order chi connectivity index (χ1) is 11.7. The molecular weight excluding hydrogens is 383 g/mol. The highest BCUT2D eigenvalue weighted by Gasteiger charge is 2.30. The Balaban J connectivity index is 1.94. The molecule has 1 N–H and O–H groups in total. The first-order valence-electron chi connectivity index (χ1n) is 7.59. The van der Waals surface area contributed by atoms with Crippen LogP contribution in [0.25, 0.3) is 0 Å². The molecule has 1 aliphatic rings. The van der Waals surface area contributed by atoms with Crippen LogP contribution in [0.15, 0.2) is 41.3 Å². The molecule has 3 rings (SSSR count). The van der Waals surface area contributed by atoms with Gasteiger partial charge in [0.15, 0.2) is 0 Å². The van der Waals surface area contributed by atoms with E-state index in [1.54, 1.807) is 17.0 Å². The zero-order valence-electron chi connectivity index (χ0n) is 13.6. The number of halogens is 2. The second kappa shape index (κ2) is 6.52. The van der Waals surface area contributed by atoms with Gasteiger partial charge >= 0.3 is 0 Å². The summed E-state index contributed by atoms with van der Waals surface area (Å²) in [5.41, 5.74) is 1.87. The van der Waals surface area contributed by atoms with Crippen molar-refractivity contribution in [2.24, 2.45) is 0 Å². The monoisotopic (exact) mass is 398 g/mol. The number of fused-ring (bicyclic) bond motifs is 1. The highest BCUT2D eigenvalue weighted by Crippen LogP contribution is 2.34. The fourth-order valence-corrected chi connectivity index (χ4v) is 4.70. The van der Waals surface area contributed by atoms with Crippen LogP contribution in [0.4, 0.5) is 11.4 Å². The molecule has 1 aliphatic heterocycles. The van der Waals surface area contributed by atoms with Crippen molar-refractivity contribution in [3.05, 3.63) is 52.0 Å². The van der Waals surface area contributed by atoms with Gasteiger partial charge in [0.2, 0.25) is 5.91 Å². The Morgan fingerprint density at radius 2 is 1.80 bits per heavy atom. The number of anilines is 2. The number of benzene rings is 2. The third kappa shape index (κ3) is 3.61. The van der Waals surface area contributed by atoms with E-state index in [0.717, 1.165) is 11.3 Å². The Morgan fingerprint density at radius 1 is 1.16 bits per heavy atom. The predicted octanol–water partition coefficient (Wildman–Crippen LogP) is 4.09. The van der Waals surface area contributed by atoms with Crippen LogP contribution in [0.5, 0.6) is 0 Å². The molecule has 8 heteroatoms. The Labute approximate surface area is 156 Å². The van der Waals surface area contributed by atoms with Crippen molar-refractivity contribution in [3.8, 4) is 0 Å². The quantitative estimate of drug-likeness (QED) is 0.846. The van der Waals surface area contributed by atoms with Gasteiger partial charge in [-0.25, -0.2) is 8.42 Å². The summed E-state index contributed by atoms with van der Waals surface area (Å²) < 4.78 is 27.8. The summed E-state index contributed by atoms with van der Waals surface area (Å²) in [5, 5.41) is 0.676. The van der Waals surface area contributed by atoms with Crippen LogP contribution in [-0.2, 0) is 21.2 Å². The van der Waals surface area contributed by atoms with Crippen molar-refractivity contribution in [3.63, 3.8) is 0 Å². The Hall–Kier alpha value is -1.76. The number of hydrogen-bond donors (Lipinski definition) is 1. The lowest BCUT2D eigenvalue weighted by Crippen LogP contribution is -2.33. The maximum absolute atomic E-state index is 12.6. The molecule has 0 saturated heterocycles. The summed E-state index contributed by atoms with van der Waals surface area (Å²) >= 11 is 11.8. The van der Waals surface area contributed by atoms with Crippen LogP contribution >= 0.6 is 23.2 Å². The summed E-state index contributed by atoms with van der Waals surface area (Å²) in [5.74, 6) is -0.0615. The molecule has 0 aliphatic carbocycles. The molecule has 1 unspecified atom stereocenters. The highest BCUT2D eigenvalue weighted by molar-refractivity contribution is 7.92. The minimum Gasteiger partial charge on any atom is -0.309 e. The zero-order valence-corrected chi connectivity index (χ0v) is 15.9. The molecule has 5 nitrogen and oxygen atoms in total. The van der Waals surface area contributed by atoms with Gasteiger partial charge in [0.25, 0.3) is 10.0 Å². The fraction of sp³-hybridized carbons (Fsp3) is 0.235. The molecule has 0 radical (unpaired) electrons. The van der Waals surface area contributed by atoms with Crippen molar-refractivity contribution in [2.45, 2.75) is 31.2 Å². The van der Waals surface area contributed by atoms with Gasteiger partial charge < -0.3 is 4.90 Å². The topological polar surface area (TPSA) is 66.5 Å². The number of nitrogens with zero attached hydrogens (tertiary/aromatic N) is 1. The molecule has 1 atom stereocenters. The zero-order chi connectivity index (χ0) is 18.4. The number of amides is 1. The number of nitrogens with one attached hydrogen (secondary N) is 1. The molecule has 0 spiro atoms. The molecule has 0 saturated carbocycles. The minimum atomic E-state index is -3.79. The third-order valence-electron chi connectivity index (χ3n) is 4.03. The second-order valence-electron chi connectivity index (χ2n) is 6.00. The van der Waals surface area contributed by atoms with E-state index < -0.39 is 10.0 Å². The third-order valence-corrected chi connectivity index (χ3v) is 5.85. The number of carbonyl (C=O) groups is 1. The number of hydrogen-bond acceptors (Lipinski definition) is 3. The van der Waals surface area contributed by atoms with Crippen LogP contribution < -0.4 is 9.62 Å². The number of carbonyl (C=O) groups excluding carboxylic acids is 1. The first-order valence-corrected chi connectivity index (χ1v) is 9.83. The van der Waals surface area contributed by atoms with E-state index in [0.29, 0.717) is 16.5 Å².